The number of carbonyl (C=O) groups is 3. The van der Waals surface area contributed by atoms with Crippen LogP contribution in [0.2, 0.25) is 0 Å². The minimum absolute atomic E-state index is 0.0319. The second-order valence-corrected chi connectivity index (χ2v) is 11.5. The molecule has 1 atom stereocenters. The van der Waals surface area contributed by atoms with Gasteiger partial charge in [0.1, 0.15) is 23.3 Å². The van der Waals surface area contributed by atoms with Gasteiger partial charge in [-0.2, -0.15) is 0 Å². The molecule has 5 rings (SSSR count). The molecular weight excluding hydrogens is 542 g/mol. The van der Waals surface area contributed by atoms with Gasteiger partial charge in [0, 0.05) is 23.4 Å². The summed E-state index contributed by atoms with van der Waals surface area (Å²) in [6.45, 7) is 5.34. The number of pyridine rings is 1. The van der Waals surface area contributed by atoms with Crippen LogP contribution in [-0.4, -0.2) is 51.4 Å². The number of alkyl carbamates (subject to hydrolysis) is 1. The van der Waals surface area contributed by atoms with Gasteiger partial charge in [-0.3, -0.25) is 4.98 Å². The fourth-order valence-electron chi connectivity index (χ4n) is 4.76. The predicted molar refractivity (Wildman–Crippen MR) is 154 cm³/mol. The van der Waals surface area contributed by atoms with Crippen molar-refractivity contribution < 1.29 is 29.0 Å². The molecule has 1 unspecified atom stereocenters. The van der Waals surface area contributed by atoms with E-state index in [2.05, 4.69) is 27.4 Å². The largest absolute Gasteiger partial charge is 0.476 e. The molecular formula is C31H29N3O6S. The van der Waals surface area contributed by atoms with Crippen LogP contribution in [0.1, 0.15) is 54.0 Å². The molecule has 4 aromatic rings. The molecule has 0 saturated heterocycles. The van der Waals surface area contributed by atoms with E-state index < -0.39 is 29.7 Å². The predicted octanol–water partition coefficient (Wildman–Crippen LogP) is 5.69. The Morgan fingerprint density at radius 3 is 2.22 bits per heavy atom. The van der Waals surface area contributed by atoms with Crippen LogP contribution in [0.5, 0.6) is 0 Å². The Balaban J connectivity index is 1.31. The van der Waals surface area contributed by atoms with Crippen LogP contribution < -0.4 is 5.32 Å². The van der Waals surface area contributed by atoms with Gasteiger partial charge >= 0.3 is 18.0 Å². The van der Waals surface area contributed by atoms with Gasteiger partial charge in [-0.1, -0.05) is 54.6 Å². The molecule has 9 nitrogen and oxygen atoms in total. The monoisotopic (exact) mass is 571 g/mol. The van der Waals surface area contributed by atoms with Crippen LogP contribution in [-0.2, 0) is 20.7 Å². The summed E-state index contributed by atoms with van der Waals surface area (Å²) in [5, 5.41) is 13.7. The number of nitrogens with one attached hydrogen (secondary N) is 1. The summed E-state index contributed by atoms with van der Waals surface area (Å²) in [7, 11) is 0. The number of benzene rings is 2. The molecule has 0 radical (unpaired) electrons. The molecule has 0 saturated carbocycles. The standard InChI is InChI=1S/C31H29N3O6S/c1-31(2,3)40-29(37)25(15-18-9-8-14-24(32-18)27-33-26(17-41-27)28(35)36)34-30(38)39-16-23-21-12-6-4-10-19(21)20-11-5-7-13-22(20)23/h4-14,17,23,25H,15-16H2,1-3H3,(H,34,38)(H,35,36). The summed E-state index contributed by atoms with van der Waals surface area (Å²) < 4.78 is 11.2. The third-order valence-corrected chi connectivity index (χ3v) is 7.35. The molecule has 2 N–H and O–H groups in total. The van der Waals surface area contributed by atoms with E-state index in [-0.39, 0.29) is 24.6 Å². The Kier molecular flexibility index (Phi) is 7.85. The SMILES string of the molecule is CC(C)(C)OC(=O)C(Cc1cccc(-c2nc(C(=O)O)cs2)n1)NC(=O)OCC1c2ccccc2-c2ccccc21. The van der Waals surface area contributed by atoms with Gasteiger partial charge in [-0.25, -0.2) is 19.4 Å². The van der Waals surface area contributed by atoms with E-state index in [0.29, 0.717) is 16.4 Å². The number of rotatable bonds is 8. The molecule has 0 spiro atoms. The normalized spacial score (nSPS) is 13.1. The maximum Gasteiger partial charge on any atom is 0.407 e. The number of aromatic carboxylic acids is 1. The maximum absolute atomic E-state index is 13.1. The molecule has 0 fully saturated rings. The van der Waals surface area contributed by atoms with Crippen molar-refractivity contribution in [3.05, 3.63) is 94.6 Å². The van der Waals surface area contributed by atoms with Crippen molar-refractivity contribution in [1.29, 1.82) is 0 Å². The number of hydrogen-bond donors (Lipinski definition) is 2. The molecule has 2 aromatic carbocycles. The lowest BCUT2D eigenvalue weighted by molar-refractivity contribution is -0.157. The number of carbonyl (C=O) groups excluding carboxylic acids is 2. The molecule has 0 bridgehead atoms. The second kappa shape index (κ2) is 11.5. The van der Waals surface area contributed by atoms with Crippen molar-refractivity contribution in [3.8, 4) is 21.8 Å². The topological polar surface area (TPSA) is 128 Å². The third kappa shape index (κ3) is 6.44. The number of hydrogen-bond acceptors (Lipinski definition) is 8. The second-order valence-electron chi connectivity index (χ2n) is 10.6. The smallest absolute Gasteiger partial charge is 0.407 e. The number of aromatic nitrogens is 2. The highest BCUT2D eigenvalue weighted by Crippen LogP contribution is 2.44. The number of ether oxygens (including phenoxy) is 2. The van der Waals surface area contributed by atoms with E-state index in [0.717, 1.165) is 33.6 Å². The van der Waals surface area contributed by atoms with Crippen molar-refractivity contribution in [2.75, 3.05) is 6.61 Å². The molecule has 10 heteroatoms. The maximum atomic E-state index is 13.1. The zero-order chi connectivity index (χ0) is 29.1. The van der Waals surface area contributed by atoms with Crippen LogP contribution in [0, 0.1) is 0 Å². The molecule has 1 amide bonds. The first kappa shape index (κ1) is 28.0. The third-order valence-electron chi connectivity index (χ3n) is 6.49. The minimum Gasteiger partial charge on any atom is -0.476 e. The Bertz CT molecular complexity index is 1560. The Morgan fingerprint density at radius 2 is 1.61 bits per heavy atom. The van der Waals surface area contributed by atoms with E-state index in [1.54, 1.807) is 39.0 Å². The highest BCUT2D eigenvalue weighted by atomic mass is 32.1. The lowest BCUT2D eigenvalue weighted by atomic mass is 9.98. The highest BCUT2D eigenvalue weighted by molar-refractivity contribution is 7.13. The molecule has 2 aromatic heterocycles. The number of carboxylic acids is 1. The number of esters is 1. The van der Waals surface area contributed by atoms with Crippen LogP contribution in [0.4, 0.5) is 4.79 Å². The van der Waals surface area contributed by atoms with E-state index in [9.17, 15) is 19.5 Å². The first-order valence-corrected chi connectivity index (χ1v) is 14.0. The van der Waals surface area contributed by atoms with Gasteiger partial charge in [0.25, 0.3) is 0 Å². The summed E-state index contributed by atoms with van der Waals surface area (Å²) >= 11 is 1.16. The number of fused-ring (bicyclic) bond motifs is 3. The lowest BCUT2D eigenvalue weighted by Gasteiger charge is -2.24. The Morgan fingerprint density at radius 1 is 0.951 bits per heavy atom. The molecule has 210 valence electrons. The van der Waals surface area contributed by atoms with E-state index in [1.165, 1.54) is 5.38 Å². The van der Waals surface area contributed by atoms with Gasteiger partial charge in [0.2, 0.25) is 0 Å². The van der Waals surface area contributed by atoms with E-state index >= 15 is 0 Å². The average molecular weight is 572 g/mol. The van der Waals surface area contributed by atoms with Crippen molar-refractivity contribution in [2.24, 2.45) is 0 Å². The molecule has 1 aliphatic carbocycles. The summed E-state index contributed by atoms with van der Waals surface area (Å²) in [5.74, 6) is -1.87. The van der Waals surface area contributed by atoms with E-state index in [4.69, 9.17) is 9.47 Å². The first-order valence-electron chi connectivity index (χ1n) is 13.1. The van der Waals surface area contributed by atoms with Crippen molar-refractivity contribution >= 4 is 29.4 Å². The number of thiazole rings is 1. The molecule has 1 aliphatic rings. The Labute approximate surface area is 241 Å². The van der Waals surface area contributed by atoms with Gasteiger partial charge in [0.15, 0.2) is 5.69 Å². The van der Waals surface area contributed by atoms with Gasteiger partial charge in [-0.15, -0.1) is 11.3 Å². The molecule has 41 heavy (non-hydrogen) atoms. The summed E-state index contributed by atoms with van der Waals surface area (Å²) in [6, 6.07) is 20.2. The van der Waals surface area contributed by atoms with Crippen LogP contribution in [0.15, 0.2) is 72.1 Å². The number of amides is 1. The summed E-state index contributed by atoms with van der Waals surface area (Å²) in [5.41, 5.74) is 4.51. The fraction of sp³-hybridized carbons (Fsp3) is 0.258. The van der Waals surface area contributed by atoms with Crippen LogP contribution >= 0.6 is 11.3 Å². The summed E-state index contributed by atoms with van der Waals surface area (Å²) in [6.07, 6.45) is -0.714. The number of carboxylic acid groups (broad SMARTS) is 1. The molecule has 0 aliphatic heterocycles. The van der Waals surface area contributed by atoms with Crippen LogP contribution in [0.25, 0.3) is 21.8 Å². The number of nitrogens with zero attached hydrogens (tertiary/aromatic N) is 2. The molecule has 2 heterocycles. The fourth-order valence-corrected chi connectivity index (χ4v) is 5.52. The Hall–Kier alpha value is -4.57. The van der Waals surface area contributed by atoms with Crippen molar-refractivity contribution in [1.82, 2.24) is 15.3 Å². The van der Waals surface area contributed by atoms with Crippen molar-refractivity contribution in [2.45, 2.75) is 44.8 Å². The summed E-state index contributed by atoms with van der Waals surface area (Å²) in [4.78, 5) is 46.0. The van der Waals surface area contributed by atoms with Crippen molar-refractivity contribution in [3.63, 3.8) is 0 Å². The highest BCUT2D eigenvalue weighted by Gasteiger charge is 2.31. The quantitative estimate of drug-likeness (QED) is 0.258. The first-order chi connectivity index (χ1) is 19.6. The average Bonchev–Trinajstić information content (AvgIpc) is 3.55. The van der Waals surface area contributed by atoms with Gasteiger partial charge in [-0.05, 0) is 55.2 Å². The van der Waals surface area contributed by atoms with Gasteiger partial charge < -0.3 is 19.9 Å². The van der Waals surface area contributed by atoms with E-state index in [1.807, 2.05) is 36.4 Å². The zero-order valence-corrected chi connectivity index (χ0v) is 23.6. The zero-order valence-electron chi connectivity index (χ0n) is 22.8. The minimum atomic E-state index is -1.12. The van der Waals surface area contributed by atoms with Crippen LogP contribution in [0.3, 0.4) is 0 Å². The lowest BCUT2D eigenvalue weighted by Crippen LogP contribution is -2.46. The van der Waals surface area contributed by atoms with Gasteiger partial charge in [0.05, 0.1) is 5.69 Å².